The lowest BCUT2D eigenvalue weighted by Gasteiger charge is -2.16. The maximum absolute atomic E-state index is 11.4. The lowest BCUT2D eigenvalue weighted by atomic mass is 10.1. The summed E-state index contributed by atoms with van der Waals surface area (Å²) in [6, 6.07) is 5.23. The van der Waals surface area contributed by atoms with Crippen LogP contribution in [0.3, 0.4) is 0 Å². The van der Waals surface area contributed by atoms with E-state index in [1.807, 2.05) is 0 Å². The normalized spacial score (nSPS) is 24.8. The lowest BCUT2D eigenvalue weighted by molar-refractivity contribution is 0.168. The van der Waals surface area contributed by atoms with Crippen molar-refractivity contribution < 1.29 is 23.0 Å². The molecule has 0 bridgehead atoms. The lowest BCUT2D eigenvalue weighted by Crippen LogP contribution is -2.33. The Kier molecular flexibility index (Phi) is 3.57. The van der Waals surface area contributed by atoms with Gasteiger partial charge >= 0.3 is 0 Å². The van der Waals surface area contributed by atoms with Gasteiger partial charge in [0.25, 0.3) is 0 Å². The van der Waals surface area contributed by atoms with Crippen molar-refractivity contribution in [3.8, 4) is 11.5 Å². The van der Waals surface area contributed by atoms with Gasteiger partial charge in [-0.2, -0.15) is 0 Å². The van der Waals surface area contributed by atoms with Crippen LogP contribution >= 0.6 is 0 Å². The summed E-state index contributed by atoms with van der Waals surface area (Å²) < 4.78 is 33.2. The number of sulfone groups is 1. The smallest absolute Gasteiger partial charge is 0.231 e. The number of benzene rings is 1. The number of ether oxygens (including phenoxy) is 2. The standard InChI is InChI=1S/C13H17NO5S/c15-11(6-14-10-3-4-20(16,17)7-10)9-1-2-12-13(5-9)19-8-18-12/h1-2,5,10-11,14-15H,3-4,6-8H2. The molecular weight excluding hydrogens is 282 g/mol. The molecule has 2 unspecified atom stereocenters. The van der Waals surface area contributed by atoms with Crippen molar-refractivity contribution in [2.45, 2.75) is 18.6 Å². The summed E-state index contributed by atoms with van der Waals surface area (Å²) in [5.41, 5.74) is 0.725. The average Bonchev–Trinajstić information content (AvgIpc) is 3.01. The summed E-state index contributed by atoms with van der Waals surface area (Å²) in [6.45, 7) is 0.521. The van der Waals surface area contributed by atoms with Gasteiger partial charge in [0, 0.05) is 12.6 Å². The average molecular weight is 299 g/mol. The molecule has 0 saturated carbocycles. The molecule has 2 heterocycles. The van der Waals surface area contributed by atoms with E-state index in [4.69, 9.17) is 9.47 Å². The van der Waals surface area contributed by atoms with Crippen molar-refractivity contribution in [2.24, 2.45) is 0 Å². The van der Waals surface area contributed by atoms with Crippen molar-refractivity contribution in [3.63, 3.8) is 0 Å². The Labute approximate surface area is 117 Å². The van der Waals surface area contributed by atoms with Crippen LogP contribution in [0.25, 0.3) is 0 Å². The van der Waals surface area contributed by atoms with Crippen molar-refractivity contribution in [1.82, 2.24) is 5.32 Å². The maximum Gasteiger partial charge on any atom is 0.231 e. The second-order valence-corrected chi connectivity index (χ2v) is 7.37. The fourth-order valence-corrected chi connectivity index (χ4v) is 4.18. The molecule has 2 N–H and O–H groups in total. The first-order valence-electron chi connectivity index (χ1n) is 6.55. The molecule has 3 rings (SSSR count). The molecule has 0 spiro atoms. The highest BCUT2D eigenvalue weighted by molar-refractivity contribution is 7.91. The van der Waals surface area contributed by atoms with Gasteiger partial charge in [-0.05, 0) is 24.1 Å². The fraction of sp³-hybridized carbons (Fsp3) is 0.538. The van der Waals surface area contributed by atoms with Crippen molar-refractivity contribution in [2.75, 3.05) is 24.8 Å². The third kappa shape index (κ3) is 2.89. The van der Waals surface area contributed by atoms with Crippen LogP contribution in [0.15, 0.2) is 18.2 Å². The summed E-state index contributed by atoms with van der Waals surface area (Å²) in [7, 11) is -2.90. The van der Waals surface area contributed by atoms with Crippen LogP contribution in [0.1, 0.15) is 18.1 Å². The largest absolute Gasteiger partial charge is 0.454 e. The molecule has 110 valence electrons. The van der Waals surface area contributed by atoms with Gasteiger partial charge < -0.3 is 19.9 Å². The molecule has 1 saturated heterocycles. The zero-order valence-electron chi connectivity index (χ0n) is 10.9. The van der Waals surface area contributed by atoms with Crippen LogP contribution in [0.4, 0.5) is 0 Å². The van der Waals surface area contributed by atoms with Gasteiger partial charge in [0.15, 0.2) is 21.3 Å². The quantitative estimate of drug-likeness (QED) is 0.827. The molecule has 7 heteroatoms. The number of hydrogen-bond acceptors (Lipinski definition) is 6. The molecule has 0 aliphatic carbocycles. The molecule has 0 aromatic heterocycles. The minimum Gasteiger partial charge on any atom is -0.454 e. The van der Waals surface area contributed by atoms with E-state index >= 15 is 0 Å². The molecule has 1 aromatic rings. The molecule has 2 atom stereocenters. The van der Waals surface area contributed by atoms with Gasteiger partial charge in [-0.1, -0.05) is 6.07 Å². The van der Waals surface area contributed by atoms with Crippen molar-refractivity contribution in [1.29, 1.82) is 0 Å². The number of aliphatic hydroxyl groups is 1. The first-order chi connectivity index (χ1) is 9.53. The van der Waals surface area contributed by atoms with E-state index < -0.39 is 15.9 Å². The molecule has 2 aliphatic heterocycles. The molecule has 1 fully saturated rings. The van der Waals surface area contributed by atoms with Gasteiger partial charge in [-0.15, -0.1) is 0 Å². The van der Waals surface area contributed by atoms with Gasteiger partial charge in [0.1, 0.15) is 0 Å². The molecule has 0 amide bonds. The third-order valence-corrected chi connectivity index (χ3v) is 5.38. The second-order valence-electron chi connectivity index (χ2n) is 5.14. The number of nitrogens with one attached hydrogen (secondary N) is 1. The molecule has 6 nitrogen and oxygen atoms in total. The monoisotopic (exact) mass is 299 g/mol. The minimum absolute atomic E-state index is 0.0661. The Morgan fingerprint density at radius 1 is 1.35 bits per heavy atom. The second kappa shape index (κ2) is 5.23. The van der Waals surface area contributed by atoms with Crippen LogP contribution in [0.5, 0.6) is 11.5 Å². The topological polar surface area (TPSA) is 84.9 Å². The number of fused-ring (bicyclic) bond motifs is 1. The van der Waals surface area contributed by atoms with Crippen LogP contribution in [0, 0.1) is 0 Å². The summed E-state index contributed by atoms with van der Waals surface area (Å²) in [4.78, 5) is 0. The predicted octanol–water partition coefficient (Wildman–Crippen LogP) is 0.225. The van der Waals surface area contributed by atoms with Crippen molar-refractivity contribution in [3.05, 3.63) is 23.8 Å². The SMILES string of the molecule is O=S1(=O)CCC(NCC(O)c2ccc3c(c2)OCO3)C1. The third-order valence-electron chi connectivity index (χ3n) is 3.61. The van der Waals surface area contributed by atoms with E-state index in [1.54, 1.807) is 18.2 Å². The Hall–Kier alpha value is -1.31. The summed E-state index contributed by atoms with van der Waals surface area (Å²) >= 11 is 0. The van der Waals surface area contributed by atoms with Gasteiger partial charge in [0.2, 0.25) is 6.79 Å². The Balaban J connectivity index is 1.58. The highest BCUT2D eigenvalue weighted by Gasteiger charge is 2.28. The summed E-state index contributed by atoms with van der Waals surface area (Å²) in [6.07, 6.45) is -0.0938. The van der Waals surface area contributed by atoms with Crippen molar-refractivity contribution >= 4 is 9.84 Å². The van der Waals surface area contributed by atoms with Gasteiger partial charge in [-0.25, -0.2) is 8.42 Å². The summed E-state index contributed by atoms with van der Waals surface area (Å²) in [5.74, 6) is 1.69. The molecule has 20 heavy (non-hydrogen) atoms. The number of hydrogen-bond donors (Lipinski definition) is 2. The molecule has 0 radical (unpaired) electrons. The van der Waals surface area contributed by atoms with Crippen LogP contribution in [0.2, 0.25) is 0 Å². The van der Waals surface area contributed by atoms with Crippen LogP contribution in [-0.4, -0.2) is 44.4 Å². The Bertz CT molecular complexity index is 601. The van der Waals surface area contributed by atoms with Crippen LogP contribution in [-0.2, 0) is 9.84 Å². The van der Waals surface area contributed by atoms with E-state index in [0.717, 1.165) is 5.56 Å². The minimum atomic E-state index is -2.90. The molecule has 2 aliphatic rings. The Morgan fingerprint density at radius 3 is 2.90 bits per heavy atom. The summed E-state index contributed by atoms with van der Waals surface area (Å²) in [5, 5.41) is 13.2. The zero-order valence-corrected chi connectivity index (χ0v) is 11.7. The van der Waals surface area contributed by atoms with E-state index in [-0.39, 0.29) is 24.3 Å². The molecule has 1 aromatic carbocycles. The highest BCUT2D eigenvalue weighted by atomic mass is 32.2. The first kappa shape index (κ1) is 13.7. The molecular formula is C13H17NO5S. The number of aliphatic hydroxyl groups excluding tert-OH is 1. The predicted molar refractivity (Wildman–Crippen MR) is 72.6 cm³/mol. The van der Waals surface area contributed by atoms with Gasteiger partial charge in [0.05, 0.1) is 17.6 Å². The van der Waals surface area contributed by atoms with E-state index in [1.165, 1.54) is 0 Å². The van der Waals surface area contributed by atoms with E-state index in [2.05, 4.69) is 5.32 Å². The Morgan fingerprint density at radius 2 is 2.15 bits per heavy atom. The fourth-order valence-electron chi connectivity index (χ4n) is 2.47. The zero-order chi connectivity index (χ0) is 14.2. The van der Waals surface area contributed by atoms with E-state index in [0.29, 0.717) is 24.5 Å². The van der Waals surface area contributed by atoms with E-state index in [9.17, 15) is 13.5 Å². The maximum atomic E-state index is 11.4. The number of rotatable bonds is 4. The first-order valence-corrected chi connectivity index (χ1v) is 8.37. The highest BCUT2D eigenvalue weighted by Crippen LogP contribution is 2.34. The van der Waals surface area contributed by atoms with Crippen LogP contribution < -0.4 is 14.8 Å². The van der Waals surface area contributed by atoms with Gasteiger partial charge in [-0.3, -0.25) is 0 Å².